The van der Waals surface area contributed by atoms with Gasteiger partial charge in [0.1, 0.15) is 0 Å². The van der Waals surface area contributed by atoms with Crippen LogP contribution in [0.2, 0.25) is 0 Å². The van der Waals surface area contributed by atoms with E-state index in [2.05, 4.69) is 152 Å². The Morgan fingerprint density at radius 2 is 1.18 bits per heavy atom. The fraction of sp³-hybridized carbons (Fsp3) is 0.293. The van der Waals surface area contributed by atoms with Gasteiger partial charge in [0, 0.05) is 0 Å². The number of allylic oxidation sites excluding steroid dienone is 4. The van der Waals surface area contributed by atoms with Crippen LogP contribution in [0.1, 0.15) is 92.5 Å². The Kier molecular flexibility index (Phi) is 10.2. The maximum Gasteiger partial charge on any atom is -1.00 e. The van der Waals surface area contributed by atoms with E-state index in [0.717, 1.165) is 12.8 Å². The Balaban J connectivity index is 0.00000221. The van der Waals surface area contributed by atoms with Crippen LogP contribution >= 0.6 is 0 Å². The third-order valence-electron chi connectivity index (χ3n) is 9.04. The van der Waals surface area contributed by atoms with Gasteiger partial charge in [-0.15, -0.1) is 0 Å². The van der Waals surface area contributed by atoms with E-state index in [-0.39, 0.29) is 35.6 Å². The van der Waals surface area contributed by atoms with Gasteiger partial charge in [0.15, 0.2) is 0 Å². The van der Waals surface area contributed by atoms with Crippen molar-refractivity contribution in [2.24, 2.45) is 0 Å². The Morgan fingerprint density at radius 3 is 1.68 bits per heavy atom. The Bertz CT molecular complexity index is 1720. The molecule has 0 aliphatic heterocycles. The molecular formula is C41H44Cl2Ti. The molecular weight excluding hydrogens is 611 g/mol. The van der Waals surface area contributed by atoms with E-state index in [9.17, 15) is 0 Å². The molecule has 0 unspecified atom stereocenters. The summed E-state index contributed by atoms with van der Waals surface area (Å²) in [4.78, 5) is 0. The topological polar surface area (TPSA) is 0 Å². The maximum absolute atomic E-state index is 2.63. The van der Waals surface area contributed by atoms with Gasteiger partial charge in [-0.2, -0.15) is 0 Å². The van der Waals surface area contributed by atoms with Crippen LogP contribution in [0.4, 0.5) is 0 Å². The van der Waals surface area contributed by atoms with Crippen LogP contribution in [0.3, 0.4) is 0 Å². The van der Waals surface area contributed by atoms with Gasteiger partial charge in [0.2, 0.25) is 0 Å². The van der Waals surface area contributed by atoms with Crippen molar-refractivity contribution in [3.63, 3.8) is 0 Å². The first kappa shape index (κ1) is 34.4. The van der Waals surface area contributed by atoms with Crippen molar-refractivity contribution in [1.29, 1.82) is 0 Å². The van der Waals surface area contributed by atoms with Crippen molar-refractivity contribution in [2.75, 3.05) is 0 Å². The van der Waals surface area contributed by atoms with Crippen LogP contribution in [-0.4, -0.2) is 3.81 Å². The Labute approximate surface area is 283 Å². The molecule has 0 N–H and O–H groups in total. The summed E-state index contributed by atoms with van der Waals surface area (Å²) >= 11 is -2.25. The molecule has 0 nitrogen and oxygen atoms in total. The van der Waals surface area contributed by atoms with Crippen LogP contribution in [0, 0.1) is 13.8 Å². The minimum atomic E-state index is -2.25. The van der Waals surface area contributed by atoms with E-state index in [4.69, 9.17) is 0 Å². The third-order valence-corrected chi connectivity index (χ3v) is 13.8. The molecule has 2 aliphatic carbocycles. The molecule has 3 heteroatoms. The second-order valence-corrected chi connectivity index (χ2v) is 18.2. The summed E-state index contributed by atoms with van der Waals surface area (Å²) in [6, 6.07) is 31.1. The quantitative estimate of drug-likeness (QED) is 0.259. The van der Waals surface area contributed by atoms with Crippen molar-refractivity contribution in [3.05, 3.63) is 145 Å². The standard InChI is InChI=1S/C21H25.C15H14.C5H5.2ClH.Ti/c1-20(2,3)16-9-7-14-11-15-8-10-17(21(4,5)6)13-19(15)18(14)12-16;1-12-3-7-14(8-4-12)11-15-9-5-13(2)6-10-15;1-2-4-5-3-1;;;/h7,9-10,12-13H,11H2,1-6H3;3-10H,1-2H3;1-3H,4H2;2*1H;/q;;;;;+2/p-2. The molecule has 44 heavy (non-hydrogen) atoms. The molecule has 0 radical (unpaired) electrons. The SMILES string of the molecule is Cc1ccc([C](c2ccc(C)cc2)=[Ti+2]([C]2=CC=CC2)[c]2cc(C(C)(C)C)cc3c2Cc2ccc(C(C)(C)C)cc2-3)cc1.[Cl-].[Cl-]. The summed E-state index contributed by atoms with van der Waals surface area (Å²) in [6.45, 7) is 18.5. The van der Waals surface area contributed by atoms with Crippen molar-refractivity contribution in [3.8, 4) is 11.1 Å². The normalized spacial score (nSPS) is 13.2. The monoisotopic (exact) mass is 654 g/mol. The zero-order valence-corrected chi connectivity index (χ0v) is 30.5. The average Bonchev–Trinajstić information content (AvgIpc) is 3.60. The number of halogens is 2. The molecule has 0 saturated carbocycles. The first-order valence-corrected chi connectivity index (χ1v) is 17.8. The summed E-state index contributed by atoms with van der Waals surface area (Å²) in [7, 11) is 0. The van der Waals surface area contributed by atoms with Crippen LogP contribution in [-0.2, 0) is 34.7 Å². The van der Waals surface area contributed by atoms with Crippen molar-refractivity contribution >= 4 is 7.68 Å². The number of aryl methyl sites for hydroxylation is 2. The predicted octanol–water partition coefficient (Wildman–Crippen LogP) is 3.83. The van der Waals surface area contributed by atoms with Crippen LogP contribution in [0.25, 0.3) is 11.1 Å². The van der Waals surface area contributed by atoms with Crippen LogP contribution in [0.5, 0.6) is 0 Å². The second kappa shape index (κ2) is 13.1. The van der Waals surface area contributed by atoms with Gasteiger partial charge in [0.25, 0.3) is 0 Å². The molecule has 6 rings (SSSR count). The number of hydrogen-bond donors (Lipinski definition) is 0. The summed E-state index contributed by atoms with van der Waals surface area (Å²) in [5, 5.41) is 0. The van der Waals surface area contributed by atoms with E-state index < -0.39 is 17.4 Å². The number of rotatable bonds is 4. The largest absolute Gasteiger partial charge is 1.00 e. The first-order chi connectivity index (χ1) is 19.9. The Morgan fingerprint density at radius 1 is 0.636 bits per heavy atom. The first-order valence-electron chi connectivity index (χ1n) is 15.5. The van der Waals surface area contributed by atoms with Crippen LogP contribution in [0.15, 0.2) is 101 Å². The van der Waals surface area contributed by atoms with Gasteiger partial charge in [-0.25, -0.2) is 0 Å². The Hall–Kier alpha value is -2.48. The van der Waals surface area contributed by atoms with Crippen molar-refractivity contribution in [2.45, 2.75) is 79.1 Å². The molecule has 0 aromatic heterocycles. The molecule has 0 spiro atoms. The van der Waals surface area contributed by atoms with Gasteiger partial charge in [-0.05, 0) is 0 Å². The van der Waals surface area contributed by atoms with Gasteiger partial charge in [0.05, 0.1) is 0 Å². The third kappa shape index (κ3) is 6.71. The molecule has 0 atom stereocenters. The molecule has 0 fully saturated rings. The van der Waals surface area contributed by atoms with Crippen molar-refractivity contribution in [1.82, 2.24) is 0 Å². The van der Waals surface area contributed by atoms with E-state index in [1.54, 1.807) is 17.1 Å². The average molecular weight is 656 g/mol. The van der Waals surface area contributed by atoms with Crippen molar-refractivity contribution < 1.29 is 42.2 Å². The molecule has 0 amide bonds. The van der Waals surface area contributed by atoms with Gasteiger partial charge in [-0.1, -0.05) is 0 Å². The number of benzene rings is 4. The van der Waals surface area contributed by atoms with Crippen LogP contribution < -0.4 is 28.7 Å². The molecule has 4 aromatic rings. The smallest absolute Gasteiger partial charge is 1.00 e. The van der Waals surface area contributed by atoms with Gasteiger partial charge in [-0.3, -0.25) is 0 Å². The summed E-state index contributed by atoms with van der Waals surface area (Å²) < 4.78 is 4.85. The maximum atomic E-state index is 2.63. The van der Waals surface area contributed by atoms with E-state index in [1.807, 2.05) is 0 Å². The molecule has 226 valence electrons. The summed E-state index contributed by atoms with van der Waals surface area (Å²) in [6.07, 6.45) is 9.20. The minimum Gasteiger partial charge on any atom is -1.00 e. The van der Waals surface area contributed by atoms with E-state index in [1.165, 1.54) is 50.1 Å². The van der Waals surface area contributed by atoms with Gasteiger partial charge < -0.3 is 24.8 Å². The zero-order chi connectivity index (χ0) is 29.8. The van der Waals surface area contributed by atoms with E-state index >= 15 is 0 Å². The number of hydrogen-bond acceptors (Lipinski definition) is 0. The van der Waals surface area contributed by atoms with Gasteiger partial charge >= 0.3 is 261 Å². The second-order valence-electron chi connectivity index (χ2n) is 14.4. The molecule has 0 heterocycles. The zero-order valence-electron chi connectivity index (χ0n) is 27.4. The minimum absolute atomic E-state index is 0. The molecule has 0 saturated heterocycles. The molecule has 4 aromatic carbocycles. The van der Waals surface area contributed by atoms with E-state index in [0.29, 0.717) is 0 Å². The fourth-order valence-corrected chi connectivity index (χ4v) is 11.5. The predicted molar refractivity (Wildman–Crippen MR) is 179 cm³/mol. The summed E-state index contributed by atoms with van der Waals surface area (Å²) in [5.74, 6) is 0. The number of fused-ring (bicyclic) bond motifs is 3. The summed E-state index contributed by atoms with van der Waals surface area (Å²) in [5.41, 5.74) is 14.4. The molecule has 2 aliphatic rings. The fourth-order valence-electron chi connectivity index (χ4n) is 6.39. The molecule has 0 bridgehead atoms.